The molecule has 0 radical (unpaired) electrons. The van der Waals surface area contributed by atoms with E-state index in [1.807, 2.05) is 6.92 Å². The van der Waals surface area contributed by atoms with Crippen LogP contribution in [0.5, 0.6) is 0 Å². The predicted octanol–water partition coefficient (Wildman–Crippen LogP) is 2.53. The fourth-order valence-corrected chi connectivity index (χ4v) is 2.20. The SMILES string of the molecule is CC(=O)O[C@@]1(C)CCOC(CC(C)C)C1. The molecule has 0 aromatic heterocycles. The molecule has 1 fully saturated rings. The van der Waals surface area contributed by atoms with Gasteiger partial charge in [0.05, 0.1) is 12.7 Å². The Bertz CT molecular complexity index is 225. The fourth-order valence-electron chi connectivity index (χ4n) is 2.20. The minimum absolute atomic E-state index is 0.192. The fraction of sp³-hybridized carbons (Fsp3) is 0.917. The Morgan fingerprint density at radius 3 is 2.80 bits per heavy atom. The van der Waals surface area contributed by atoms with E-state index >= 15 is 0 Å². The summed E-state index contributed by atoms with van der Waals surface area (Å²) in [6.45, 7) is 8.53. The summed E-state index contributed by atoms with van der Waals surface area (Å²) in [4.78, 5) is 11.0. The van der Waals surface area contributed by atoms with Crippen LogP contribution in [0.15, 0.2) is 0 Å². The Morgan fingerprint density at radius 1 is 1.60 bits per heavy atom. The number of carbonyl (C=O) groups excluding carboxylic acids is 1. The third-order valence-electron chi connectivity index (χ3n) is 2.77. The van der Waals surface area contributed by atoms with Crippen LogP contribution in [-0.2, 0) is 14.3 Å². The first-order chi connectivity index (χ1) is 6.91. The van der Waals surface area contributed by atoms with Gasteiger partial charge in [-0.2, -0.15) is 0 Å². The molecule has 1 saturated heterocycles. The molecule has 0 amide bonds. The van der Waals surface area contributed by atoms with Gasteiger partial charge in [-0.15, -0.1) is 0 Å². The lowest BCUT2D eigenvalue weighted by molar-refractivity contribution is -0.170. The van der Waals surface area contributed by atoms with E-state index in [2.05, 4.69) is 13.8 Å². The minimum Gasteiger partial charge on any atom is -0.459 e. The predicted molar refractivity (Wildman–Crippen MR) is 58.6 cm³/mol. The number of ether oxygens (including phenoxy) is 2. The topological polar surface area (TPSA) is 35.5 Å². The smallest absolute Gasteiger partial charge is 0.303 e. The number of hydrogen-bond acceptors (Lipinski definition) is 3. The zero-order chi connectivity index (χ0) is 11.5. The van der Waals surface area contributed by atoms with Crippen molar-refractivity contribution in [3.63, 3.8) is 0 Å². The van der Waals surface area contributed by atoms with E-state index in [-0.39, 0.29) is 17.7 Å². The first-order valence-corrected chi connectivity index (χ1v) is 5.72. The van der Waals surface area contributed by atoms with Gasteiger partial charge >= 0.3 is 5.97 Å². The van der Waals surface area contributed by atoms with Gasteiger partial charge in [0.1, 0.15) is 5.60 Å². The Morgan fingerprint density at radius 2 is 2.27 bits per heavy atom. The van der Waals surface area contributed by atoms with Crippen molar-refractivity contribution in [2.75, 3.05) is 6.61 Å². The third-order valence-corrected chi connectivity index (χ3v) is 2.77. The van der Waals surface area contributed by atoms with Crippen molar-refractivity contribution in [3.05, 3.63) is 0 Å². The van der Waals surface area contributed by atoms with Crippen LogP contribution in [0.1, 0.15) is 47.0 Å². The first-order valence-electron chi connectivity index (χ1n) is 5.72. The highest BCUT2D eigenvalue weighted by Crippen LogP contribution is 2.30. The highest BCUT2D eigenvalue weighted by Gasteiger charge is 2.35. The maximum atomic E-state index is 11.0. The molecule has 0 saturated carbocycles. The maximum Gasteiger partial charge on any atom is 0.303 e. The molecule has 3 nitrogen and oxygen atoms in total. The van der Waals surface area contributed by atoms with Gasteiger partial charge < -0.3 is 9.47 Å². The van der Waals surface area contributed by atoms with Crippen LogP contribution in [-0.4, -0.2) is 24.3 Å². The van der Waals surface area contributed by atoms with Gasteiger partial charge in [0.2, 0.25) is 0 Å². The Labute approximate surface area is 92.1 Å². The van der Waals surface area contributed by atoms with Gasteiger partial charge in [-0.1, -0.05) is 13.8 Å². The van der Waals surface area contributed by atoms with Crippen molar-refractivity contribution in [2.45, 2.75) is 58.7 Å². The lowest BCUT2D eigenvalue weighted by atomic mass is 9.88. The summed E-state index contributed by atoms with van der Waals surface area (Å²) in [6.07, 6.45) is 2.91. The number of esters is 1. The van der Waals surface area contributed by atoms with Crippen molar-refractivity contribution >= 4 is 5.97 Å². The standard InChI is InChI=1S/C12H22O3/c1-9(2)7-11-8-12(4,5-6-14-11)15-10(3)13/h9,11H,5-8H2,1-4H3/t11?,12-/m0/s1. The Balaban J connectivity index is 2.50. The lowest BCUT2D eigenvalue weighted by Crippen LogP contribution is -2.42. The highest BCUT2D eigenvalue weighted by molar-refractivity contribution is 5.66. The molecule has 1 unspecified atom stereocenters. The molecule has 0 bridgehead atoms. The summed E-state index contributed by atoms with van der Waals surface area (Å²) in [5.74, 6) is 0.428. The van der Waals surface area contributed by atoms with Crippen molar-refractivity contribution in [3.8, 4) is 0 Å². The highest BCUT2D eigenvalue weighted by atomic mass is 16.6. The summed E-state index contributed by atoms with van der Waals surface area (Å²) < 4.78 is 11.0. The van der Waals surface area contributed by atoms with Crippen LogP contribution in [0.2, 0.25) is 0 Å². The molecular formula is C12H22O3. The molecule has 2 atom stereocenters. The van der Waals surface area contributed by atoms with E-state index in [4.69, 9.17) is 9.47 Å². The van der Waals surface area contributed by atoms with Crippen molar-refractivity contribution < 1.29 is 14.3 Å². The zero-order valence-electron chi connectivity index (χ0n) is 10.2. The summed E-state index contributed by atoms with van der Waals surface area (Å²) in [7, 11) is 0. The van der Waals surface area contributed by atoms with Crippen molar-refractivity contribution in [2.24, 2.45) is 5.92 Å². The normalized spacial score (nSPS) is 31.7. The summed E-state index contributed by atoms with van der Waals surface area (Å²) in [5, 5.41) is 0. The van der Waals surface area contributed by atoms with Gasteiger partial charge in [-0.25, -0.2) is 0 Å². The second-order valence-electron chi connectivity index (χ2n) is 5.12. The maximum absolute atomic E-state index is 11.0. The molecule has 1 rings (SSSR count). The van der Waals surface area contributed by atoms with E-state index in [1.54, 1.807) is 0 Å². The van der Waals surface area contributed by atoms with Crippen LogP contribution < -0.4 is 0 Å². The largest absolute Gasteiger partial charge is 0.459 e. The van der Waals surface area contributed by atoms with Gasteiger partial charge in [0.15, 0.2) is 0 Å². The molecule has 0 aliphatic carbocycles. The summed E-state index contributed by atoms with van der Waals surface area (Å²) in [6, 6.07) is 0. The number of rotatable bonds is 3. The number of hydrogen-bond donors (Lipinski definition) is 0. The van der Waals surface area contributed by atoms with Gasteiger partial charge in [-0.3, -0.25) is 4.79 Å². The Hall–Kier alpha value is -0.570. The molecule has 0 aromatic rings. The minimum atomic E-state index is -0.316. The van der Waals surface area contributed by atoms with Gasteiger partial charge in [0, 0.05) is 19.8 Å². The molecule has 0 aromatic carbocycles. The van der Waals surface area contributed by atoms with E-state index < -0.39 is 0 Å². The lowest BCUT2D eigenvalue weighted by Gasteiger charge is -2.38. The molecule has 1 aliphatic rings. The average molecular weight is 214 g/mol. The molecular weight excluding hydrogens is 192 g/mol. The quantitative estimate of drug-likeness (QED) is 0.677. The molecule has 1 aliphatic heterocycles. The number of carbonyl (C=O) groups is 1. The van der Waals surface area contributed by atoms with Crippen LogP contribution in [0, 0.1) is 5.92 Å². The van der Waals surface area contributed by atoms with E-state index in [1.165, 1.54) is 6.92 Å². The van der Waals surface area contributed by atoms with E-state index in [9.17, 15) is 4.79 Å². The third kappa shape index (κ3) is 4.20. The Kier molecular flexibility index (Phi) is 4.14. The zero-order valence-corrected chi connectivity index (χ0v) is 10.2. The van der Waals surface area contributed by atoms with E-state index in [0.717, 1.165) is 19.3 Å². The molecule has 1 heterocycles. The summed E-state index contributed by atoms with van der Waals surface area (Å²) >= 11 is 0. The molecule has 15 heavy (non-hydrogen) atoms. The average Bonchev–Trinajstić information content (AvgIpc) is 1.99. The molecule has 3 heteroatoms. The van der Waals surface area contributed by atoms with E-state index in [0.29, 0.717) is 12.5 Å². The monoisotopic (exact) mass is 214 g/mol. The van der Waals surface area contributed by atoms with Gasteiger partial charge in [-0.05, 0) is 19.3 Å². The molecule has 0 N–H and O–H groups in total. The molecule has 0 spiro atoms. The van der Waals surface area contributed by atoms with Crippen LogP contribution in [0.25, 0.3) is 0 Å². The van der Waals surface area contributed by atoms with Gasteiger partial charge in [0.25, 0.3) is 0 Å². The second-order valence-corrected chi connectivity index (χ2v) is 5.12. The molecule has 88 valence electrons. The first kappa shape index (κ1) is 12.5. The van der Waals surface area contributed by atoms with Crippen molar-refractivity contribution in [1.82, 2.24) is 0 Å². The summed E-state index contributed by atoms with van der Waals surface area (Å²) in [5.41, 5.74) is -0.316. The van der Waals surface area contributed by atoms with Crippen LogP contribution in [0.4, 0.5) is 0 Å². The van der Waals surface area contributed by atoms with Crippen molar-refractivity contribution in [1.29, 1.82) is 0 Å². The van der Waals surface area contributed by atoms with Crippen LogP contribution >= 0.6 is 0 Å². The second kappa shape index (κ2) is 4.97. The van der Waals surface area contributed by atoms with Crippen LogP contribution in [0.3, 0.4) is 0 Å².